The monoisotopic (exact) mass is 473 g/mol. The van der Waals surface area contributed by atoms with Crippen LogP contribution in [0.4, 0.5) is 0 Å². The van der Waals surface area contributed by atoms with E-state index >= 15 is 0 Å². The summed E-state index contributed by atoms with van der Waals surface area (Å²) in [6, 6.07) is 16.7. The van der Waals surface area contributed by atoms with Crippen molar-refractivity contribution in [2.45, 2.75) is 36.7 Å². The maximum absolute atomic E-state index is 13.8. The molecular formula is C24H19N5O2S2. The van der Waals surface area contributed by atoms with Gasteiger partial charge in [0.05, 0.1) is 22.3 Å². The molecule has 5 aromatic rings. The topological polar surface area (TPSA) is 82.7 Å². The van der Waals surface area contributed by atoms with Crippen LogP contribution >= 0.6 is 23.1 Å². The van der Waals surface area contributed by atoms with E-state index in [-0.39, 0.29) is 17.0 Å². The number of thiophene rings is 1. The minimum absolute atomic E-state index is 0.0509. The van der Waals surface area contributed by atoms with Crippen LogP contribution in [0, 0.1) is 0 Å². The fraction of sp³-hybridized carbons (Fsp3) is 0.208. The van der Waals surface area contributed by atoms with E-state index in [1.165, 1.54) is 21.3 Å². The predicted octanol–water partition coefficient (Wildman–Crippen LogP) is 4.18. The van der Waals surface area contributed by atoms with E-state index in [1.807, 2.05) is 42.5 Å². The van der Waals surface area contributed by atoms with Crippen LogP contribution < -0.4 is 11.1 Å². The van der Waals surface area contributed by atoms with Crippen molar-refractivity contribution in [1.82, 2.24) is 24.5 Å². The largest absolute Gasteiger partial charge is 0.278 e. The molecule has 0 atom stereocenters. The molecule has 33 heavy (non-hydrogen) atoms. The van der Waals surface area contributed by atoms with Crippen molar-refractivity contribution >= 4 is 44.2 Å². The van der Waals surface area contributed by atoms with Crippen molar-refractivity contribution < 1.29 is 0 Å². The van der Waals surface area contributed by atoms with Gasteiger partial charge < -0.3 is 0 Å². The maximum Gasteiger partial charge on any atom is 0.278 e. The molecule has 0 radical (unpaired) electrons. The number of aromatic nitrogens is 5. The molecule has 2 aromatic carbocycles. The van der Waals surface area contributed by atoms with E-state index in [2.05, 4.69) is 10.3 Å². The first-order chi connectivity index (χ1) is 16.2. The van der Waals surface area contributed by atoms with Gasteiger partial charge in [0.25, 0.3) is 11.1 Å². The molecule has 0 saturated heterocycles. The minimum atomic E-state index is -0.214. The van der Waals surface area contributed by atoms with Gasteiger partial charge in [-0.2, -0.15) is 4.68 Å². The molecule has 0 spiro atoms. The highest BCUT2D eigenvalue weighted by Gasteiger charge is 2.23. The molecule has 0 amide bonds. The van der Waals surface area contributed by atoms with Crippen LogP contribution in [-0.4, -0.2) is 24.5 Å². The molecule has 0 fully saturated rings. The quantitative estimate of drug-likeness (QED) is 0.288. The Morgan fingerprint density at radius 2 is 1.73 bits per heavy atom. The molecule has 0 bridgehead atoms. The van der Waals surface area contributed by atoms with Gasteiger partial charge in [0.15, 0.2) is 5.16 Å². The molecule has 7 nitrogen and oxygen atoms in total. The fourth-order valence-corrected chi connectivity index (χ4v) is 6.50. The number of benzene rings is 2. The Morgan fingerprint density at radius 1 is 0.939 bits per heavy atom. The zero-order valence-electron chi connectivity index (χ0n) is 17.6. The molecule has 3 heterocycles. The third kappa shape index (κ3) is 3.48. The number of thioether (sulfide) groups is 1. The second kappa shape index (κ2) is 8.24. The molecule has 1 aliphatic rings. The number of nitrogens with zero attached hydrogens (tertiary/aromatic N) is 5. The highest BCUT2D eigenvalue weighted by atomic mass is 32.2. The molecule has 3 aromatic heterocycles. The first-order valence-electron chi connectivity index (χ1n) is 10.8. The summed E-state index contributed by atoms with van der Waals surface area (Å²) < 4.78 is 2.98. The van der Waals surface area contributed by atoms with Gasteiger partial charge in [-0.3, -0.25) is 14.2 Å². The van der Waals surface area contributed by atoms with Crippen molar-refractivity contribution in [2.24, 2.45) is 0 Å². The van der Waals surface area contributed by atoms with Gasteiger partial charge in [-0.25, -0.2) is 4.98 Å². The molecule has 164 valence electrons. The molecular weight excluding hydrogens is 454 g/mol. The Labute approximate surface area is 196 Å². The summed E-state index contributed by atoms with van der Waals surface area (Å²) >= 11 is 2.94. The fourth-order valence-electron chi connectivity index (χ4n) is 4.31. The summed E-state index contributed by atoms with van der Waals surface area (Å²) in [5.74, 6) is 0.201. The van der Waals surface area contributed by atoms with Gasteiger partial charge >= 0.3 is 0 Å². The first-order valence-corrected chi connectivity index (χ1v) is 12.6. The third-order valence-electron chi connectivity index (χ3n) is 5.92. The van der Waals surface area contributed by atoms with E-state index < -0.39 is 0 Å². The summed E-state index contributed by atoms with van der Waals surface area (Å²) in [6.45, 7) is 0. The highest BCUT2D eigenvalue weighted by molar-refractivity contribution is 7.98. The second-order valence-electron chi connectivity index (χ2n) is 7.95. The number of aryl methyl sites for hydroxylation is 2. The lowest BCUT2D eigenvalue weighted by molar-refractivity contribution is 0.642. The van der Waals surface area contributed by atoms with E-state index in [4.69, 9.17) is 4.98 Å². The molecule has 1 aliphatic carbocycles. The lowest BCUT2D eigenvalue weighted by Gasteiger charge is -2.13. The number of rotatable bonds is 4. The number of hydrogen-bond donors (Lipinski definition) is 0. The maximum atomic E-state index is 13.8. The van der Waals surface area contributed by atoms with Crippen LogP contribution in [0.1, 0.15) is 23.3 Å². The van der Waals surface area contributed by atoms with E-state index in [9.17, 15) is 9.59 Å². The Hall–Kier alpha value is -3.30. The number of fused-ring (bicyclic) bond motifs is 4. The average Bonchev–Trinajstić information content (AvgIpc) is 3.23. The Balaban J connectivity index is 1.48. The van der Waals surface area contributed by atoms with Crippen molar-refractivity contribution in [1.29, 1.82) is 0 Å². The number of hydrogen-bond acceptors (Lipinski definition) is 7. The van der Waals surface area contributed by atoms with Gasteiger partial charge in [-0.1, -0.05) is 47.3 Å². The molecule has 0 N–H and O–H groups in total. The summed E-state index contributed by atoms with van der Waals surface area (Å²) in [5, 5.41) is 10.0. The molecule has 0 unspecified atom stereocenters. The first kappa shape index (κ1) is 20.3. The van der Waals surface area contributed by atoms with Gasteiger partial charge in [0.1, 0.15) is 10.3 Å². The highest BCUT2D eigenvalue weighted by Crippen LogP contribution is 2.35. The van der Waals surface area contributed by atoms with Crippen LogP contribution in [0.3, 0.4) is 0 Å². The van der Waals surface area contributed by atoms with Gasteiger partial charge in [0.2, 0.25) is 0 Å². The molecule has 6 rings (SSSR count). The van der Waals surface area contributed by atoms with Gasteiger partial charge in [-0.15, -0.1) is 16.4 Å². The average molecular weight is 474 g/mol. The number of para-hydroxylation sites is 1. The van der Waals surface area contributed by atoms with Crippen molar-refractivity contribution in [3.63, 3.8) is 0 Å². The lowest BCUT2D eigenvalue weighted by atomic mass is 9.97. The van der Waals surface area contributed by atoms with Crippen LogP contribution in [0.15, 0.2) is 69.3 Å². The SMILES string of the molecule is O=c1c2ccccc2nnn1CSc1nc2sc3c(c2c(=O)n1-c1ccccc1)CCCC3. The molecule has 0 aliphatic heterocycles. The van der Waals surface area contributed by atoms with Gasteiger partial charge in [-0.05, 0) is 55.5 Å². The minimum Gasteiger partial charge on any atom is -0.268 e. The third-order valence-corrected chi connectivity index (χ3v) is 8.01. The van der Waals surface area contributed by atoms with Gasteiger partial charge in [0, 0.05) is 4.88 Å². The predicted molar refractivity (Wildman–Crippen MR) is 132 cm³/mol. The second-order valence-corrected chi connectivity index (χ2v) is 9.94. The van der Waals surface area contributed by atoms with Crippen LogP contribution in [0.5, 0.6) is 0 Å². The molecule has 0 saturated carbocycles. The zero-order chi connectivity index (χ0) is 22.4. The Morgan fingerprint density at radius 3 is 2.61 bits per heavy atom. The Kier molecular flexibility index (Phi) is 5.07. The van der Waals surface area contributed by atoms with Crippen molar-refractivity contribution in [2.75, 3.05) is 0 Å². The van der Waals surface area contributed by atoms with Crippen LogP contribution in [0.25, 0.3) is 26.8 Å². The summed E-state index contributed by atoms with van der Waals surface area (Å²) in [6.07, 6.45) is 4.18. The van der Waals surface area contributed by atoms with Crippen LogP contribution in [0.2, 0.25) is 0 Å². The molecule has 9 heteroatoms. The lowest BCUT2D eigenvalue weighted by Crippen LogP contribution is -2.25. The summed E-state index contributed by atoms with van der Waals surface area (Å²) in [5.41, 5.74) is 2.22. The standard InChI is InChI=1S/C24H19N5O2S2/c30-22-16-10-4-6-12-18(16)26-27-28(22)14-32-24-25-21-20(17-11-5-7-13-19(17)33-21)23(31)29(24)15-8-2-1-3-9-15/h1-4,6,8-10,12H,5,7,11,13-14H2. The normalized spacial score (nSPS) is 13.5. The van der Waals surface area contributed by atoms with Crippen molar-refractivity contribution in [3.05, 3.63) is 85.7 Å². The summed E-state index contributed by atoms with van der Waals surface area (Å²) in [7, 11) is 0. The Bertz CT molecular complexity index is 1620. The smallest absolute Gasteiger partial charge is 0.268 e. The van der Waals surface area contributed by atoms with Crippen LogP contribution in [-0.2, 0) is 18.7 Å². The zero-order valence-corrected chi connectivity index (χ0v) is 19.2. The summed E-state index contributed by atoms with van der Waals surface area (Å²) in [4.78, 5) is 33.6. The van der Waals surface area contributed by atoms with E-state index in [1.54, 1.807) is 28.0 Å². The van der Waals surface area contributed by atoms with Crippen molar-refractivity contribution in [3.8, 4) is 5.69 Å². The van der Waals surface area contributed by atoms with E-state index in [0.29, 0.717) is 16.1 Å². The van der Waals surface area contributed by atoms with E-state index in [0.717, 1.165) is 47.2 Å².